The molecule has 1 aromatic rings. The molecule has 0 fully saturated rings. The second-order valence-corrected chi connectivity index (χ2v) is 4.94. The Morgan fingerprint density at radius 2 is 2.00 bits per heavy atom. The number of hydrogen-bond acceptors (Lipinski definition) is 4. The van der Waals surface area contributed by atoms with Crippen molar-refractivity contribution in [3.05, 3.63) is 23.8 Å². The number of ether oxygens (including phenoxy) is 2. The molecule has 0 aromatic heterocycles. The van der Waals surface area contributed by atoms with Gasteiger partial charge in [0.1, 0.15) is 5.75 Å². The Balaban J connectivity index is 2.76. The molecule has 22 heavy (non-hydrogen) atoms. The molecule has 0 atom stereocenters. The fraction of sp³-hybridized carbons (Fsp3) is 0.500. The molecule has 1 N–H and O–H groups in total. The maximum absolute atomic E-state index is 11.9. The maximum Gasteiger partial charge on any atom is 0.223 e. The van der Waals surface area contributed by atoms with Crippen LogP contribution in [-0.4, -0.2) is 45.7 Å². The number of methoxy groups -OCH3 is 2. The third-order valence-electron chi connectivity index (χ3n) is 3.20. The van der Waals surface area contributed by atoms with Crippen molar-refractivity contribution >= 4 is 17.5 Å². The van der Waals surface area contributed by atoms with E-state index in [1.54, 1.807) is 19.1 Å². The predicted octanol–water partition coefficient (Wildman–Crippen LogP) is 1.51. The van der Waals surface area contributed by atoms with Crippen molar-refractivity contribution in [2.45, 2.75) is 20.3 Å². The van der Waals surface area contributed by atoms with Gasteiger partial charge in [0.15, 0.2) is 0 Å². The van der Waals surface area contributed by atoms with E-state index in [1.165, 1.54) is 6.92 Å². The summed E-state index contributed by atoms with van der Waals surface area (Å²) in [4.78, 5) is 25.2. The minimum Gasteiger partial charge on any atom is -0.495 e. The molecular formula is C16H24N2O4. The summed E-state index contributed by atoms with van der Waals surface area (Å²) in [5.74, 6) is 0.365. The second-order valence-electron chi connectivity index (χ2n) is 4.94. The van der Waals surface area contributed by atoms with Gasteiger partial charge in [-0.05, 0) is 24.6 Å². The Bertz CT molecular complexity index is 517. The first-order valence-electron chi connectivity index (χ1n) is 7.18. The van der Waals surface area contributed by atoms with Gasteiger partial charge in [-0.25, -0.2) is 0 Å². The number of nitrogens with zero attached hydrogens (tertiary/aromatic N) is 1. The highest BCUT2D eigenvalue weighted by Gasteiger charge is 2.17. The Morgan fingerprint density at radius 3 is 2.59 bits per heavy atom. The van der Waals surface area contributed by atoms with Crippen LogP contribution in [0.3, 0.4) is 0 Å². The molecule has 0 aliphatic carbocycles. The van der Waals surface area contributed by atoms with E-state index >= 15 is 0 Å². The molecule has 0 unspecified atom stereocenters. The molecule has 2 amide bonds. The van der Waals surface area contributed by atoms with Crippen LogP contribution >= 0.6 is 0 Å². The van der Waals surface area contributed by atoms with E-state index in [4.69, 9.17) is 9.47 Å². The second kappa shape index (κ2) is 9.04. The van der Waals surface area contributed by atoms with Gasteiger partial charge in [-0.3, -0.25) is 9.59 Å². The standard InChI is InChI=1S/C16H24N2O4/c1-12-5-6-15(22-4)14(11-12)18(13(2)19)9-7-16(20)17-8-10-21-3/h5-6,11H,7-10H2,1-4H3,(H,17,20). The molecule has 1 rings (SSSR count). The number of benzene rings is 1. The van der Waals surface area contributed by atoms with Gasteiger partial charge >= 0.3 is 0 Å². The van der Waals surface area contributed by atoms with Crippen LogP contribution in [0.4, 0.5) is 5.69 Å². The van der Waals surface area contributed by atoms with Crippen molar-refractivity contribution in [1.29, 1.82) is 0 Å². The van der Waals surface area contributed by atoms with Crippen molar-refractivity contribution in [2.75, 3.05) is 38.8 Å². The van der Waals surface area contributed by atoms with E-state index in [2.05, 4.69) is 5.32 Å². The SMILES string of the molecule is COCCNC(=O)CCN(C(C)=O)c1cc(C)ccc1OC. The molecule has 0 spiro atoms. The lowest BCUT2D eigenvalue weighted by molar-refractivity contribution is -0.121. The van der Waals surface area contributed by atoms with Crippen molar-refractivity contribution in [1.82, 2.24) is 5.32 Å². The van der Waals surface area contributed by atoms with Crippen LogP contribution in [0.15, 0.2) is 18.2 Å². The van der Waals surface area contributed by atoms with Crippen LogP contribution in [0.2, 0.25) is 0 Å². The summed E-state index contributed by atoms with van der Waals surface area (Å²) in [6.45, 7) is 4.65. The minimum absolute atomic E-state index is 0.116. The zero-order chi connectivity index (χ0) is 16.5. The van der Waals surface area contributed by atoms with Gasteiger partial charge in [-0.2, -0.15) is 0 Å². The van der Waals surface area contributed by atoms with E-state index in [9.17, 15) is 9.59 Å². The molecule has 1 aromatic carbocycles. The number of anilines is 1. The highest BCUT2D eigenvalue weighted by Crippen LogP contribution is 2.29. The number of hydrogen-bond donors (Lipinski definition) is 1. The number of rotatable bonds is 8. The first-order chi connectivity index (χ1) is 10.5. The molecular weight excluding hydrogens is 284 g/mol. The van der Waals surface area contributed by atoms with Crippen LogP contribution in [0.5, 0.6) is 5.75 Å². The van der Waals surface area contributed by atoms with Gasteiger partial charge in [0.2, 0.25) is 11.8 Å². The molecule has 6 nitrogen and oxygen atoms in total. The third kappa shape index (κ3) is 5.37. The first-order valence-corrected chi connectivity index (χ1v) is 7.18. The van der Waals surface area contributed by atoms with Crippen molar-refractivity contribution in [2.24, 2.45) is 0 Å². The van der Waals surface area contributed by atoms with Gasteiger partial charge < -0.3 is 19.7 Å². The van der Waals surface area contributed by atoms with Crippen LogP contribution in [0.25, 0.3) is 0 Å². The van der Waals surface area contributed by atoms with Crippen molar-refractivity contribution in [3.8, 4) is 5.75 Å². The van der Waals surface area contributed by atoms with Gasteiger partial charge in [0.05, 0.1) is 19.4 Å². The molecule has 0 aliphatic heterocycles. The highest BCUT2D eigenvalue weighted by atomic mass is 16.5. The minimum atomic E-state index is -0.131. The average Bonchev–Trinajstić information content (AvgIpc) is 2.47. The van der Waals surface area contributed by atoms with Crippen molar-refractivity contribution < 1.29 is 19.1 Å². The topological polar surface area (TPSA) is 67.9 Å². The Morgan fingerprint density at radius 1 is 1.27 bits per heavy atom. The summed E-state index contributed by atoms with van der Waals surface area (Å²) < 4.78 is 10.2. The predicted molar refractivity (Wildman–Crippen MR) is 85.3 cm³/mol. The number of carbonyl (C=O) groups excluding carboxylic acids is 2. The van der Waals surface area contributed by atoms with E-state index in [0.717, 1.165) is 5.56 Å². The van der Waals surface area contributed by atoms with Gasteiger partial charge in [-0.1, -0.05) is 6.07 Å². The van der Waals surface area contributed by atoms with E-state index < -0.39 is 0 Å². The van der Waals surface area contributed by atoms with Crippen molar-refractivity contribution in [3.63, 3.8) is 0 Å². The summed E-state index contributed by atoms with van der Waals surface area (Å²) in [6.07, 6.45) is 0.223. The van der Waals surface area contributed by atoms with Gasteiger partial charge in [0, 0.05) is 33.5 Å². The van der Waals surface area contributed by atoms with Crippen LogP contribution < -0.4 is 15.0 Å². The fourth-order valence-corrected chi connectivity index (χ4v) is 2.05. The molecule has 122 valence electrons. The molecule has 0 radical (unpaired) electrons. The molecule has 6 heteroatoms. The van der Waals surface area contributed by atoms with Gasteiger partial charge in [0.25, 0.3) is 0 Å². The Kier molecular flexibility index (Phi) is 7.39. The smallest absolute Gasteiger partial charge is 0.223 e. The van der Waals surface area contributed by atoms with Crippen LogP contribution in [-0.2, 0) is 14.3 Å². The van der Waals surface area contributed by atoms with E-state index in [1.807, 2.05) is 25.1 Å². The first kappa shape index (κ1) is 18.0. The summed E-state index contributed by atoms with van der Waals surface area (Å²) in [5, 5.41) is 2.74. The van der Waals surface area contributed by atoms with Crippen LogP contribution in [0, 0.1) is 6.92 Å². The fourth-order valence-electron chi connectivity index (χ4n) is 2.05. The number of amides is 2. The number of carbonyl (C=O) groups is 2. The molecule has 0 heterocycles. The lowest BCUT2D eigenvalue weighted by Gasteiger charge is -2.23. The van der Waals surface area contributed by atoms with Gasteiger partial charge in [-0.15, -0.1) is 0 Å². The molecule has 0 bridgehead atoms. The summed E-state index contributed by atoms with van der Waals surface area (Å²) >= 11 is 0. The zero-order valence-corrected chi connectivity index (χ0v) is 13.6. The van der Waals surface area contributed by atoms with E-state index in [-0.39, 0.29) is 18.2 Å². The summed E-state index contributed by atoms with van der Waals surface area (Å²) in [5.41, 5.74) is 1.70. The number of nitrogens with one attached hydrogen (secondary N) is 1. The molecule has 0 aliphatic rings. The third-order valence-corrected chi connectivity index (χ3v) is 3.20. The lowest BCUT2D eigenvalue weighted by Crippen LogP contribution is -2.35. The number of aryl methyl sites for hydroxylation is 1. The Hall–Kier alpha value is -2.08. The summed E-state index contributed by atoms with van der Waals surface area (Å²) in [7, 11) is 3.14. The van der Waals surface area contributed by atoms with E-state index in [0.29, 0.717) is 31.1 Å². The normalized spacial score (nSPS) is 10.2. The monoisotopic (exact) mass is 308 g/mol. The Labute approximate surface area is 131 Å². The quantitative estimate of drug-likeness (QED) is 0.739. The maximum atomic E-state index is 11.9. The highest BCUT2D eigenvalue weighted by molar-refractivity contribution is 5.94. The lowest BCUT2D eigenvalue weighted by atomic mass is 10.1. The largest absolute Gasteiger partial charge is 0.495 e. The molecule has 0 saturated heterocycles. The summed E-state index contributed by atoms with van der Waals surface area (Å²) in [6, 6.07) is 5.61. The molecule has 0 saturated carbocycles. The van der Waals surface area contributed by atoms with Crippen LogP contribution in [0.1, 0.15) is 18.9 Å². The average molecular weight is 308 g/mol. The zero-order valence-electron chi connectivity index (χ0n) is 13.6.